The Labute approximate surface area is 116 Å². The van der Waals surface area contributed by atoms with Crippen LogP contribution in [0.25, 0.3) is 22.4 Å². The molecule has 0 atom stereocenters. The van der Waals surface area contributed by atoms with Crippen LogP contribution in [0, 0.1) is 0 Å². The summed E-state index contributed by atoms with van der Waals surface area (Å²) in [5, 5.41) is 0. The van der Waals surface area contributed by atoms with Crippen LogP contribution in [0.15, 0.2) is 36.7 Å². The maximum Gasteiger partial charge on any atom is 0.161 e. The highest BCUT2D eigenvalue weighted by Gasteiger charge is 2.09. The number of nitrogens with two attached hydrogens (primary N) is 1. The molecule has 100 valence electrons. The number of hydrogen-bond donors (Lipinski definition) is 1. The minimum absolute atomic E-state index is 0.305. The van der Waals surface area contributed by atoms with Crippen LogP contribution in [0.2, 0.25) is 0 Å². The predicted molar refractivity (Wildman–Crippen MR) is 79.1 cm³/mol. The van der Waals surface area contributed by atoms with Gasteiger partial charge < -0.3 is 5.73 Å². The van der Waals surface area contributed by atoms with Crippen LogP contribution in [0.4, 0.5) is 5.82 Å². The lowest BCUT2D eigenvalue weighted by Gasteiger charge is -2.08. The Morgan fingerprint density at radius 1 is 0.950 bits per heavy atom. The van der Waals surface area contributed by atoms with Crippen LogP contribution in [-0.2, 0) is 0 Å². The summed E-state index contributed by atoms with van der Waals surface area (Å²) in [5.41, 5.74) is 9.37. The smallest absolute Gasteiger partial charge is 0.161 e. The highest BCUT2D eigenvalue weighted by Crippen LogP contribution is 2.22. The first-order chi connectivity index (χ1) is 9.63. The van der Waals surface area contributed by atoms with E-state index in [0.717, 1.165) is 22.3 Å². The molecule has 20 heavy (non-hydrogen) atoms. The monoisotopic (exact) mass is 265 g/mol. The number of fused-ring (bicyclic) bond motifs is 1. The van der Waals surface area contributed by atoms with Gasteiger partial charge in [-0.2, -0.15) is 0 Å². The van der Waals surface area contributed by atoms with Gasteiger partial charge in [-0.3, -0.25) is 9.97 Å². The van der Waals surface area contributed by atoms with E-state index in [2.05, 4.69) is 33.8 Å². The van der Waals surface area contributed by atoms with E-state index in [1.165, 1.54) is 0 Å². The molecule has 5 heteroatoms. The third kappa shape index (κ3) is 2.30. The molecular formula is C15H15N5. The maximum atomic E-state index is 5.87. The molecule has 3 aromatic rings. The van der Waals surface area contributed by atoms with E-state index in [0.29, 0.717) is 17.6 Å². The van der Waals surface area contributed by atoms with Crippen molar-refractivity contribution in [2.45, 2.75) is 19.8 Å². The molecule has 0 saturated heterocycles. The molecule has 0 bridgehead atoms. The van der Waals surface area contributed by atoms with Crippen molar-refractivity contribution in [3.8, 4) is 11.4 Å². The fourth-order valence-corrected chi connectivity index (χ4v) is 2.01. The molecule has 0 saturated carbocycles. The van der Waals surface area contributed by atoms with E-state index >= 15 is 0 Å². The second-order valence-electron chi connectivity index (χ2n) is 4.96. The summed E-state index contributed by atoms with van der Waals surface area (Å²) >= 11 is 0. The Morgan fingerprint density at radius 2 is 1.70 bits per heavy atom. The van der Waals surface area contributed by atoms with Crippen molar-refractivity contribution in [2.24, 2.45) is 0 Å². The van der Waals surface area contributed by atoms with Crippen molar-refractivity contribution in [3.05, 3.63) is 42.4 Å². The van der Waals surface area contributed by atoms with E-state index < -0.39 is 0 Å². The molecule has 0 unspecified atom stereocenters. The molecule has 0 spiro atoms. The Balaban J connectivity index is 2.15. The van der Waals surface area contributed by atoms with Gasteiger partial charge in [0.05, 0.1) is 11.0 Å². The van der Waals surface area contributed by atoms with E-state index in [1.54, 1.807) is 12.4 Å². The largest absolute Gasteiger partial charge is 0.384 e. The van der Waals surface area contributed by atoms with E-state index in [-0.39, 0.29) is 0 Å². The van der Waals surface area contributed by atoms with Gasteiger partial charge in [0.15, 0.2) is 5.82 Å². The van der Waals surface area contributed by atoms with Crippen molar-refractivity contribution in [1.82, 2.24) is 19.9 Å². The fraction of sp³-hybridized carbons (Fsp3) is 0.200. The molecular weight excluding hydrogens is 250 g/mol. The van der Waals surface area contributed by atoms with Gasteiger partial charge in [0.2, 0.25) is 0 Å². The SMILES string of the molecule is CC(C)c1cc(N)nc(-c2ccc3nccnc3c2)n1. The first kappa shape index (κ1) is 12.5. The number of rotatable bonds is 2. The Kier molecular flexibility index (Phi) is 3.02. The summed E-state index contributed by atoms with van der Waals surface area (Å²) in [7, 11) is 0. The molecule has 1 aromatic carbocycles. The van der Waals surface area contributed by atoms with Crippen molar-refractivity contribution in [1.29, 1.82) is 0 Å². The fourth-order valence-electron chi connectivity index (χ4n) is 2.01. The molecule has 0 aliphatic carbocycles. The zero-order valence-electron chi connectivity index (χ0n) is 11.4. The summed E-state index contributed by atoms with van der Waals surface area (Å²) < 4.78 is 0. The Hall–Kier alpha value is -2.56. The highest BCUT2D eigenvalue weighted by atomic mass is 14.9. The van der Waals surface area contributed by atoms with Gasteiger partial charge in [0, 0.05) is 29.7 Å². The minimum atomic E-state index is 0.305. The lowest BCUT2D eigenvalue weighted by Crippen LogP contribution is -2.01. The van der Waals surface area contributed by atoms with Crippen LogP contribution in [0.3, 0.4) is 0 Å². The Morgan fingerprint density at radius 3 is 2.45 bits per heavy atom. The molecule has 2 N–H and O–H groups in total. The summed E-state index contributed by atoms with van der Waals surface area (Å²) in [6.45, 7) is 4.16. The third-order valence-electron chi connectivity index (χ3n) is 3.08. The molecule has 3 rings (SSSR count). The normalized spacial score (nSPS) is 11.2. The zero-order valence-corrected chi connectivity index (χ0v) is 11.4. The van der Waals surface area contributed by atoms with Crippen LogP contribution < -0.4 is 5.73 Å². The van der Waals surface area contributed by atoms with Crippen LogP contribution in [-0.4, -0.2) is 19.9 Å². The second kappa shape index (κ2) is 4.85. The molecule has 5 nitrogen and oxygen atoms in total. The summed E-state index contributed by atoms with van der Waals surface area (Å²) in [4.78, 5) is 17.4. The number of hydrogen-bond acceptors (Lipinski definition) is 5. The van der Waals surface area contributed by atoms with Crippen LogP contribution >= 0.6 is 0 Å². The number of benzene rings is 1. The average molecular weight is 265 g/mol. The van der Waals surface area contributed by atoms with Gasteiger partial charge in [-0.15, -0.1) is 0 Å². The topological polar surface area (TPSA) is 77.6 Å². The molecule has 2 heterocycles. The lowest BCUT2D eigenvalue weighted by atomic mass is 10.1. The van der Waals surface area contributed by atoms with Gasteiger partial charge >= 0.3 is 0 Å². The van der Waals surface area contributed by atoms with Crippen molar-refractivity contribution < 1.29 is 0 Å². The van der Waals surface area contributed by atoms with Crippen molar-refractivity contribution in [2.75, 3.05) is 5.73 Å². The van der Waals surface area contributed by atoms with E-state index in [4.69, 9.17) is 5.73 Å². The summed E-state index contributed by atoms with van der Waals surface area (Å²) in [6, 6.07) is 7.60. The number of aromatic nitrogens is 4. The second-order valence-corrected chi connectivity index (χ2v) is 4.96. The number of nitrogen functional groups attached to an aromatic ring is 1. The average Bonchev–Trinajstić information content (AvgIpc) is 2.46. The van der Waals surface area contributed by atoms with Crippen LogP contribution in [0.5, 0.6) is 0 Å². The van der Waals surface area contributed by atoms with Gasteiger partial charge in [-0.1, -0.05) is 13.8 Å². The molecule has 0 fully saturated rings. The van der Waals surface area contributed by atoms with Gasteiger partial charge in [-0.05, 0) is 24.1 Å². The molecule has 0 radical (unpaired) electrons. The quantitative estimate of drug-likeness (QED) is 0.770. The van der Waals surface area contributed by atoms with Gasteiger partial charge in [-0.25, -0.2) is 9.97 Å². The molecule has 0 aliphatic heterocycles. The first-order valence-corrected chi connectivity index (χ1v) is 6.49. The molecule has 0 amide bonds. The van der Waals surface area contributed by atoms with E-state index in [9.17, 15) is 0 Å². The molecule has 2 aromatic heterocycles. The van der Waals surface area contributed by atoms with Crippen molar-refractivity contribution >= 4 is 16.9 Å². The van der Waals surface area contributed by atoms with Crippen molar-refractivity contribution in [3.63, 3.8) is 0 Å². The summed E-state index contributed by atoms with van der Waals surface area (Å²) in [5.74, 6) is 1.42. The third-order valence-corrected chi connectivity index (χ3v) is 3.08. The van der Waals surface area contributed by atoms with E-state index in [1.807, 2.05) is 24.3 Å². The minimum Gasteiger partial charge on any atom is -0.384 e. The number of nitrogens with zero attached hydrogens (tertiary/aromatic N) is 4. The predicted octanol–water partition coefficient (Wildman–Crippen LogP) is 2.79. The highest BCUT2D eigenvalue weighted by molar-refractivity contribution is 5.79. The number of anilines is 1. The first-order valence-electron chi connectivity index (χ1n) is 6.49. The zero-order chi connectivity index (χ0) is 14.1. The van der Waals surface area contributed by atoms with Gasteiger partial charge in [0.25, 0.3) is 0 Å². The maximum absolute atomic E-state index is 5.87. The Bertz CT molecular complexity index is 767. The summed E-state index contributed by atoms with van der Waals surface area (Å²) in [6.07, 6.45) is 3.35. The van der Waals surface area contributed by atoms with Crippen LogP contribution in [0.1, 0.15) is 25.5 Å². The van der Waals surface area contributed by atoms with Gasteiger partial charge in [0.1, 0.15) is 5.82 Å². The molecule has 0 aliphatic rings. The lowest BCUT2D eigenvalue weighted by molar-refractivity contribution is 0.818. The standard InChI is InChI=1S/C15H15N5/c1-9(2)12-8-14(16)20-15(19-12)10-3-4-11-13(7-10)18-6-5-17-11/h3-9H,1-2H3,(H2,16,19,20).